The minimum Gasteiger partial charge on any atom is -0.480 e. The van der Waals surface area contributed by atoms with Gasteiger partial charge in [0.15, 0.2) is 0 Å². The van der Waals surface area contributed by atoms with Gasteiger partial charge in [-0.3, -0.25) is 9.59 Å². The highest BCUT2D eigenvalue weighted by atomic mass is 16.5. The first-order chi connectivity index (χ1) is 8.96. The molecule has 19 heavy (non-hydrogen) atoms. The lowest BCUT2D eigenvalue weighted by atomic mass is 10.4. The number of likely N-dealkylation sites (N-methyl/N-ethyl adjacent to an activating group) is 1. The fraction of sp³-hybridized carbons (Fsp3) is 0.583. The molecule has 106 valence electrons. The Morgan fingerprint density at radius 2 is 1.84 bits per heavy atom. The van der Waals surface area contributed by atoms with Gasteiger partial charge in [0.1, 0.15) is 13.1 Å². The lowest BCUT2D eigenvalue weighted by Gasteiger charge is -2.26. The third-order valence-corrected chi connectivity index (χ3v) is 2.16. The third-order valence-electron chi connectivity index (χ3n) is 2.16. The van der Waals surface area contributed by atoms with Crippen molar-refractivity contribution in [2.24, 2.45) is 0 Å². The first-order valence-electron chi connectivity index (χ1n) is 5.80. The summed E-state index contributed by atoms with van der Waals surface area (Å²) >= 11 is 0. The zero-order chi connectivity index (χ0) is 14.8. The monoisotopic (exact) mass is 270 g/mol. The summed E-state index contributed by atoms with van der Waals surface area (Å²) < 4.78 is 4.74. The van der Waals surface area contributed by atoms with E-state index in [1.165, 1.54) is 4.90 Å². The van der Waals surface area contributed by atoms with Gasteiger partial charge in [0.2, 0.25) is 0 Å². The predicted octanol–water partition coefficient (Wildman–Crippen LogP) is 0.0112. The number of terminal acetylenes is 1. The summed E-state index contributed by atoms with van der Waals surface area (Å²) in [5.41, 5.74) is 0. The van der Waals surface area contributed by atoms with Gasteiger partial charge in [0.25, 0.3) is 0 Å². The molecule has 1 N–H and O–H groups in total. The number of carboxylic acid groups (broad SMARTS) is 1. The maximum atomic E-state index is 12.0. The van der Waals surface area contributed by atoms with Crippen LogP contribution in [0.3, 0.4) is 0 Å². The molecular weight excluding hydrogens is 252 g/mol. The summed E-state index contributed by atoms with van der Waals surface area (Å²) in [7, 11) is 0. The van der Waals surface area contributed by atoms with Crippen molar-refractivity contribution in [3.05, 3.63) is 0 Å². The quantitative estimate of drug-likeness (QED) is 0.520. The Balaban J connectivity index is 4.72. The molecule has 0 bridgehead atoms. The number of ether oxygens (including phenoxy) is 1. The molecule has 0 spiro atoms. The van der Waals surface area contributed by atoms with Crippen LogP contribution in [0.2, 0.25) is 0 Å². The normalized spacial score (nSPS) is 9.32. The van der Waals surface area contributed by atoms with E-state index >= 15 is 0 Å². The van der Waals surface area contributed by atoms with Crippen molar-refractivity contribution in [3.63, 3.8) is 0 Å². The van der Waals surface area contributed by atoms with E-state index in [9.17, 15) is 14.4 Å². The van der Waals surface area contributed by atoms with Crippen molar-refractivity contribution in [2.45, 2.75) is 13.8 Å². The Morgan fingerprint density at radius 3 is 2.26 bits per heavy atom. The fourth-order valence-electron chi connectivity index (χ4n) is 1.34. The largest absolute Gasteiger partial charge is 0.480 e. The van der Waals surface area contributed by atoms with Gasteiger partial charge in [-0.25, -0.2) is 4.79 Å². The Kier molecular flexibility index (Phi) is 7.77. The average molecular weight is 270 g/mol. The number of urea groups is 1. The zero-order valence-corrected chi connectivity index (χ0v) is 11.1. The van der Waals surface area contributed by atoms with Gasteiger partial charge in [-0.1, -0.05) is 5.92 Å². The van der Waals surface area contributed by atoms with Crippen molar-refractivity contribution < 1.29 is 24.2 Å². The van der Waals surface area contributed by atoms with E-state index in [4.69, 9.17) is 16.3 Å². The lowest BCUT2D eigenvalue weighted by Crippen LogP contribution is -2.47. The van der Waals surface area contributed by atoms with Gasteiger partial charge in [-0.05, 0) is 13.8 Å². The number of nitrogens with zero attached hydrogens (tertiary/aromatic N) is 2. The van der Waals surface area contributed by atoms with Gasteiger partial charge < -0.3 is 19.6 Å². The Morgan fingerprint density at radius 1 is 1.21 bits per heavy atom. The van der Waals surface area contributed by atoms with E-state index in [1.54, 1.807) is 13.8 Å². The molecule has 0 fully saturated rings. The standard InChI is InChI=1S/C12H18N2O5/c1-4-7-14(8-10(15)16)12(18)13(5-2)9-11(17)19-6-3/h1H,5-9H2,2-3H3,(H,15,16). The number of carbonyl (C=O) groups is 3. The molecule has 0 aromatic heterocycles. The predicted molar refractivity (Wildman–Crippen MR) is 67.3 cm³/mol. The summed E-state index contributed by atoms with van der Waals surface area (Å²) in [4.78, 5) is 36.2. The van der Waals surface area contributed by atoms with E-state index in [0.29, 0.717) is 0 Å². The molecule has 2 amide bonds. The first kappa shape index (κ1) is 16.8. The second kappa shape index (κ2) is 8.80. The molecule has 0 saturated heterocycles. The van der Waals surface area contributed by atoms with Crippen LogP contribution < -0.4 is 0 Å². The summed E-state index contributed by atoms with van der Waals surface area (Å²) in [5, 5.41) is 8.71. The summed E-state index contributed by atoms with van der Waals surface area (Å²) in [6, 6.07) is -0.601. The molecule has 0 unspecified atom stereocenters. The molecule has 0 aliphatic rings. The molecule has 0 aromatic carbocycles. The van der Waals surface area contributed by atoms with Crippen LogP contribution in [-0.4, -0.2) is 65.7 Å². The fourth-order valence-corrected chi connectivity index (χ4v) is 1.34. The number of aliphatic carboxylic acids is 1. The highest BCUT2D eigenvalue weighted by Gasteiger charge is 2.23. The Hall–Kier alpha value is -2.23. The van der Waals surface area contributed by atoms with Crippen LogP contribution in [0.25, 0.3) is 0 Å². The molecule has 0 aromatic rings. The number of hydrogen-bond acceptors (Lipinski definition) is 4. The molecule has 7 nitrogen and oxygen atoms in total. The zero-order valence-electron chi connectivity index (χ0n) is 11.1. The second-order valence-electron chi connectivity index (χ2n) is 3.56. The number of carboxylic acids is 1. The van der Waals surface area contributed by atoms with Crippen molar-refractivity contribution >= 4 is 18.0 Å². The maximum Gasteiger partial charge on any atom is 0.325 e. The number of amides is 2. The van der Waals surface area contributed by atoms with Crippen LogP contribution in [0.1, 0.15) is 13.8 Å². The van der Waals surface area contributed by atoms with Crippen LogP contribution >= 0.6 is 0 Å². The average Bonchev–Trinajstić information content (AvgIpc) is 2.34. The molecule has 0 radical (unpaired) electrons. The molecule has 0 saturated carbocycles. The van der Waals surface area contributed by atoms with E-state index in [2.05, 4.69) is 5.92 Å². The summed E-state index contributed by atoms with van der Waals surface area (Å²) in [6.45, 7) is 2.92. The molecule has 0 aliphatic carbocycles. The van der Waals surface area contributed by atoms with Crippen molar-refractivity contribution in [1.82, 2.24) is 9.80 Å². The topological polar surface area (TPSA) is 87.2 Å². The SMILES string of the molecule is C#CCN(CC(=O)O)C(=O)N(CC)CC(=O)OCC. The number of hydrogen-bond donors (Lipinski definition) is 1. The number of carbonyl (C=O) groups excluding carboxylic acids is 2. The van der Waals surface area contributed by atoms with Gasteiger partial charge >= 0.3 is 18.0 Å². The molecular formula is C12H18N2O5. The van der Waals surface area contributed by atoms with Gasteiger partial charge in [-0.2, -0.15) is 0 Å². The molecule has 0 heterocycles. The van der Waals surface area contributed by atoms with E-state index in [1.807, 2.05) is 0 Å². The van der Waals surface area contributed by atoms with Crippen LogP contribution in [-0.2, 0) is 14.3 Å². The maximum absolute atomic E-state index is 12.0. The molecule has 0 atom stereocenters. The lowest BCUT2D eigenvalue weighted by molar-refractivity contribution is -0.143. The minimum atomic E-state index is -1.17. The van der Waals surface area contributed by atoms with Gasteiger partial charge in [0.05, 0.1) is 13.2 Å². The van der Waals surface area contributed by atoms with E-state index in [-0.39, 0.29) is 26.2 Å². The van der Waals surface area contributed by atoms with Crippen molar-refractivity contribution in [3.8, 4) is 12.3 Å². The number of esters is 1. The van der Waals surface area contributed by atoms with Crippen LogP contribution in [0.5, 0.6) is 0 Å². The van der Waals surface area contributed by atoms with Crippen LogP contribution in [0, 0.1) is 12.3 Å². The number of rotatable bonds is 7. The Bertz CT molecular complexity index is 375. The van der Waals surface area contributed by atoms with E-state index in [0.717, 1.165) is 4.90 Å². The minimum absolute atomic E-state index is 0.134. The first-order valence-corrected chi connectivity index (χ1v) is 5.80. The highest BCUT2D eigenvalue weighted by Crippen LogP contribution is 2.00. The van der Waals surface area contributed by atoms with Crippen molar-refractivity contribution in [2.75, 3.05) is 32.8 Å². The summed E-state index contributed by atoms with van der Waals surface area (Å²) in [6.07, 6.45) is 5.09. The highest BCUT2D eigenvalue weighted by molar-refractivity contribution is 5.83. The van der Waals surface area contributed by atoms with E-state index < -0.39 is 24.5 Å². The molecule has 0 aliphatic heterocycles. The van der Waals surface area contributed by atoms with Gasteiger partial charge in [-0.15, -0.1) is 6.42 Å². The van der Waals surface area contributed by atoms with Gasteiger partial charge in [0, 0.05) is 6.54 Å². The summed E-state index contributed by atoms with van der Waals surface area (Å²) in [5.74, 6) is 0.492. The molecule has 7 heteroatoms. The van der Waals surface area contributed by atoms with Crippen molar-refractivity contribution in [1.29, 1.82) is 0 Å². The smallest absolute Gasteiger partial charge is 0.325 e. The second-order valence-corrected chi connectivity index (χ2v) is 3.56. The third kappa shape index (κ3) is 6.31. The Labute approximate surface area is 112 Å². The van der Waals surface area contributed by atoms with Crippen LogP contribution in [0.15, 0.2) is 0 Å². The van der Waals surface area contributed by atoms with Crippen LogP contribution in [0.4, 0.5) is 4.79 Å². The molecule has 0 rings (SSSR count).